The summed E-state index contributed by atoms with van der Waals surface area (Å²) in [5, 5.41) is 25.6. The number of carboxylic acids is 1. The van der Waals surface area contributed by atoms with E-state index in [1.807, 2.05) is 6.92 Å². The van der Waals surface area contributed by atoms with E-state index in [1.165, 1.54) is 10.5 Å². The molecular formula is C19H25N3O4S2. The number of nitrogens with zero attached hydrogens (tertiary/aromatic N) is 1. The molecule has 1 amide bonds. The van der Waals surface area contributed by atoms with Crippen LogP contribution in [0.25, 0.3) is 0 Å². The predicted octanol–water partition coefficient (Wildman–Crippen LogP) is 1.50. The van der Waals surface area contributed by atoms with Crippen molar-refractivity contribution < 1.29 is 19.8 Å². The maximum absolute atomic E-state index is 12.4. The van der Waals surface area contributed by atoms with Gasteiger partial charge in [-0.05, 0) is 30.4 Å². The van der Waals surface area contributed by atoms with E-state index in [-0.39, 0.29) is 34.9 Å². The third kappa shape index (κ3) is 3.09. The summed E-state index contributed by atoms with van der Waals surface area (Å²) in [7, 11) is 0. The van der Waals surface area contributed by atoms with Gasteiger partial charge in [0.15, 0.2) is 0 Å². The van der Waals surface area contributed by atoms with Crippen LogP contribution in [-0.2, 0) is 16.1 Å². The van der Waals surface area contributed by atoms with Gasteiger partial charge in [-0.3, -0.25) is 4.79 Å². The Morgan fingerprint density at radius 3 is 2.89 bits per heavy atom. The molecule has 5 N–H and O–H groups in total. The Balaban J connectivity index is 1.51. The third-order valence-corrected chi connectivity index (χ3v) is 8.46. The number of rotatable bonds is 6. The average molecular weight is 424 g/mol. The van der Waals surface area contributed by atoms with E-state index < -0.39 is 18.0 Å². The number of aliphatic hydroxyl groups is 1. The molecule has 4 rings (SSSR count). The van der Waals surface area contributed by atoms with Crippen LogP contribution in [-0.4, -0.2) is 50.9 Å². The van der Waals surface area contributed by atoms with E-state index in [0.717, 1.165) is 22.7 Å². The van der Waals surface area contributed by atoms with E-state index in [0.29, 0.717) is 6.54 Å². The van der Waals surface area contributed by atoms with Crippen molar-refractivity contribution in [2.24, 2.45) is 17.6 Å². The van der Waals surface area contributed by atoms with Crippen LogP contribution in [0, 0.1) is 11.8 Å². The Labute approximate surface area is 172 Å². The standard InChI is InChI=1S/C19H25N3O4S2/c1-8-15-14(9(2)23)18(24)22(15)16(19(25)26)17(8)28-12-4-13(21-6-12)10-3-11(5-20)27-7-10/h3,7-9,12-15,21,23H,4-6,20H2,1-2H3,(H,25,26)/t8-,9-,12+,13-,14-,15-/m1/s1. The van der Waals surface area contributed by atoms with Crippen molar-refractivity contribution in [3.8, 4) is 0 Å². The second-order valence-corrected chi connectivity index (χ2v) is 10.1. The van der Waals surface area contributed by atoms with Gasteiger partial charge in [-0.1, -0.05) is 6.92 Å². The molecule has 0 aliphatic carbocycles. The molecule has 0 bridgehead atoms. The lowest BCUT2D eigenvalue weighted by Crippen LogP contribution is -2.63. The van der Waals surface area contributed by atoms with Gasteiger partial charge in [-0.25, -0.2) is 4.79 Å². The first-order valence-electron chi connectivity index (χ1n) is 9.49. The molecule has 28 heavy (non-hydrogen) atoms. The maximum atomic E-state index is 12.4. The van der Waals surface area contributed by atoms with Gasteiger partial charge in [-0.2, -0.15) is 0 Å². The fourth-order valence-corrected chi connectivity index (χ4v) is 6.89. The zero-order valence-electron chi connectivity index (χ0n) is 15.8. The Morgan fingerprint density at radius 2 is 2.29 bits per heavy atom. The van der Waals surface area contributed by atoms with Crippen LogP contribution in [0.2, 0.25) is 0 Å². The molecule has 4 heterocycles. The molecule has 3 aliphatic heterocycles. The minimum atomic E-state index is -1.07. The molecule has 7 nitrogen and oxygen atoms in total. The average Bonchev–Trinajstić information content (AvgIpc) is 3.33. The number of β-lactam (4-membered cyclic amide) rings is 1. The molecule has 2 fully saturated rings. The van der Waals surface area contributed by atoms with Gasteiger partial charge in [-0.15, -0.1) is 23.1 Å². The summed E-state index contributed by atoms with van der Waals surface area (Å²) < 4.78 is 0. The fraction of sp³-hybridized carbons (Fsp3) is 0.579. The number of aliphatic carboxylic acids is 1. The molecule has 0 aromatic carbocycles. The summed E-state index contributed by atoms with van der Waals surface area (Å²) in [6.07, 6.45) is 0.121. The Kier molecular flexibility index (Phi) is 5.30. The van der Waals surface area contributed by atoms with Gasteiger partial charge in [0.05, 0.1) is 18.1 Å². The number of fused-ring (bicyclic) bond motifs is 1. The highest BCUT2D eigenvalue weighted by molar-refractivity contribution is 8.03. The Bertz CT molecular complexity index is 837. The van der Waals surface area contributed by atoms with Crippen molar-refractivity contribution in [2.45, 2.75) is 50.3 Å². The number of carbonyl (C=O) groups is 2. The van der Waals surface area contributed by atoms with Gasteiger partial charge in [0.25, 0.3) is 0 Å². The van der Waals surface area contributed by atoms with Crippen molar-refractivity contribution >= 4 is 35.0 Å². The number of nitrogens with one attached hydrogen (secondary N) is 1. The summed E-state index contributed by atoms with van der Waals surface area (Å²) in [6.45, 7) is 4.88. The topological polar surface area (TPSA) is 116 Å². The number of hydrogen-bond acceptors (Lipinski definition) is 7. The largest absolute Gasteiger partial charge is 0.477 e. The number of thiophene rings is 1. The van der Waals surface area contributed by atoms with E-state index >= 15 is 0 Å². The van der Waals surface area contributed by atoms with Crippen molar-refractivity contribution in [3.05, 3.63) is 32.5 Å². The highest BCUT2D eigenvalue weighted by atomic mass is 32.2. The molecule has 6 atom stereocenters. The summed E-state index contributed by atoms with van der Waals surface area (Å²) in [5.41, 5.74) is 7.04. The van der Waals surface area contributed by atoms with Gasteiger partial charge in [0, 0.05) is 40.1 Å². The highest BCUT2D eigenvalue weighted by Gasteiger charge is 2.60. The van der Waals surface area contributed by atoms with Crippen molar-refractivity contribution in [3.63, 3.8) is 0 Å². The van der Waals surface area contributed by atoms with Crippen LogP contribution >= 0.6 is 23.1 Å². The molecule has 0 saturated carbocycles. The van der Waals surface area contributed by atoms with E-state index in [9.17, 15) is 19.8 Å². The smallest absolute Gasteiger partial charge is 0.353 e. The number of aliphatic hydroxyl groups excluding tert-OH is 1. The molecule has 1 aromatic heterocycles. The van der Waals surface area contributed by atoms with Gasteiger partial charge >= 0.3 is 5.97 Å². The number of nitrogens with two attached hydrogens (primary N) is 1. The lowest BCUT2D eigenvalue weighted by atomic mass is 9.79. The monoisotopic (exact) mass is 423 g/mol. The van der Waals surface area contributed by atoms with Gasteiger partial charge in [0.1, 0.15) is 5.70 Å². The Hall–Kier alpha value is -1.39. The molecule has 1 aromatic rings. The first-order valence-corrected chi connectivity index (χ1v) is 11.2. The molecule has 9 heteroatoms. The third-order valence-electron chi connectivity index (χ3n) is 5.97. The second-order valence-electron chi connectivity index (χ2n) is 7.76. The van der Waals surface area contributed by atoms with Crippen LogP contribution < -0.4 is 11.1 Å². The molecular weight excluding hydrogens is 398 g/mol. The van der Waals surface area contributed by atoms with Gasteiger partial charge < -0.3 is 26.2 Å². The van der Waals surface area contributed by atoms with Gasteiger partial charge in [0.2, 0.25) is 5.91 Å². The fourth-order valence-electron chi connectivity index (χ4n) is 4.59. The molecule has 0 radical (unpaired) electrons. The molecule has 2 saturated heterocycles. The maximum Gasteiger partial charge on any atom is 0.353 e. The molecule has 152 valence electrons. The zero-order chi connectivity index (χ0) is 20.2. The number of thioether (sulfide) groups is 1. The molecule has 3 aliphatic rings. The lowest BCUT2D eigenvalue weighted by Gasteiger charge is -2.46. The number of carboxylic acid groups (broad SMARTS) is 1. The summed E-state index contributed by atoms with van der Waals surface area (Å²) in [6, 6.07) is 2.12. The quantitative estimate of drug-likeness (QED) is 0.512. The second kappa shape index (κ2) is 7.46. The lowest BCUT2D eigenvalue weighted by molar-refractivity contribution is -0.163. The minimum Gasteiger partial charge on any atom is -0.477 e. The first kappa shape index (κ1) is 19.9. The number of amides is 1. The molecule has 0 spiro atoms. The van der Waals surface area contributed by atoms with Crippen LogP contribution in [0.4, 0.5) is 0 Å². The number of carbonyl (C=O) groups excluding carboxylic acids is 1. The molecule has 0 unspecified atom stereocenters. The first-order chi connectivity index (χ1) is 13.3. The van der Waals surface area contributed by atoms with Crippen LogP contribution in [0.1, 0.15) is 36.8 Å². The Morgan fingerprint density at radius 1 is 1.54 bits per heavy atom. The van der Waals surface area contributed by atoms with Crippen LogP contribution in [0.5, 0.6) is 0 Å². The van der Waals surface area contributed by atoms with E-state index in [1.54, 1.807) is 30.0 Å². The van der Waals surface area contributed by atoms with Crippen LogP contribution in [0.15, 0.2) is 22.0 Å². The summed E-state index contributed by atoms with van der Waals surface area (Å²) >= 11 is 3.23. The highest BCUT2D eigenvalue weighted by Crippen LogP contribution is 2.52. The van der Waals surface area contributed by atoms with E-state index in [2.05, 4.69) is 16.8 Å². The minimum absolute atomic E-state index is 0.0857. The zero-order valence-corrected chi connectivity index (χ0v) is 17.4. The van der Waals surface area contributed by atoms with Crippen LogP contribution in [0.3, 0.4) is 0 Å². The SMILES string of the molecule is C[C@@H](O)[C@H]1C(=O)N2C(C(=O)O)=C(S[C@@H]3CN[C@@H](c4csc(CN)c4)C3)[C@H](C)[C@H]12. The van der Waals surface area contributed by atoms with E-state index in [4.69, 9.17) is 5.73 Å². The number of hydrogen-bond donors (Lipinski definition) is 4. The van der Waals surface area contributed by atoms with Crippen molar-refractivity contribution in [1.82, 2.24) is 10.2 Å². The predicted molar refractivity (Wildman–Crippen MR) is 109 cm³/mol. The summed E-state index contributed by atoms with van der Waals surface area (Å²) in [4.78, 5) is 27.6. The van der Waals surface area contributed by atoms with Crippen molar-refractivity contribution in [1.29, 1.82) is 0 Å². The normalized spacial score (nSPS) is 33.2. The van der Waals surface area contributed by atoms with Crippen molar-refractivity contribution in [2.75, 3.05) is 6.54 Å². The summed E-state index contributed by atoms with van der Waals surface area (Å²) in [5.74, 6) is -1.95.